The first-order valence-corrected chi connectivity index (χ1v) is 7.66. The fourth-order valence-corrected chi connectivity index (χ4v) is 2.03. The summed E-state index contributed by atoms with van der Waals surface area (Å²) in [6.07, 6.45) is 4.39. The fourth-order valence-electron chi connectivity index (χ4n) is 2.03. The van der Waals surface area contributed by atoms with Crippen LogP contribution < -0.4 is 10.6 Å². The molecular formula is C17H22FN5. The Balaban J connectivity index is 1.93. The standard InChI is InChI=1S/C17H22FN5/c1-3-11-20-17(19-4-2)21-12-9-15-10-13-23(22-15)16-7-5-14(18)6-8-16/h3,5-8,10,13H,1,4,9,11-12H2,2H3,(H2,19,20,21). The number of hydrogen-bond acceptors (Lipinski definition) is 2. The van der Waals surface area contributed by atoms with Gasteiger partial charge in [0.1, 0.15) is 5.82 Å². The van der Waals surface area contributed by atoms with Gasteiger partial charge < -0.3 is 10.6 Å². The maximum Gasteiger partial charge on any atom is 0.191 e. The molecule has 122 valence electrons. The van der Waals surface area contributed by atoms with Crippen LogP contribution in [0.25, 0.3) is 5.69 Å². The molecule has 0 fully saturated rings. The zero-order chi connectivity index (χ0) is 16.5. The van der Waals surface area contributed by atoms with E-state index in [1.807, 2.05) is 19.2 Å². The van der Waals surface area contributed by atoms with Gasteiger partial charge in [0, 0.05) is 32.3 Å². The highest BCUT2D eigenvalue weighted by molar-refractivity contribution is 5.79. The summed E-state index contributed by atoms with van der Waals surface area (Å²) < 4.78 is 14.7. The number of aliphatic imine (C=N–C) groups is 1. The van der Waals surface area contributed by atoms with Crippen molar-refractivity contribution < 1.29 is 4.39 Å². The summed E-state index contributed by atoms with van der Waals surface area (Å²) in [5.41, 5.74) is 1.78. The van der Waals surface area contributed by atoms with Gasteiger partial charge in [-0.25, -0.2) is 9.07 Å². The Kier molecular flexibility index (Phi) is 6.35. The maximum absolute atomic E-state index is 12.9. The number of nitrogens with zero attached hydrogens (tertiary/aromatic N) is 3. The number of rotatable bonds is 7. The molecule has 1 heterocycles. The molecule has 0 aliphatic heterocycles. The summed E-state index contributed by atoms with van der Waals surface area (Å²) in [6.45, 7) is 7.81. The van der Waals surface area contributed by atoms with E-state index in [2.05, 4.69) is 27.3 Å². The molecule has 0 aliphatic rings. The molecule has 1 aromatic carbocycles. The lowest BCUT2D eigenvalue weighted by Gasteiger charge is -2.08. The molecule has 0 bridgehead atoms. The van der Waals surface area contributed by atoms with Crippen molar-refractivity contribution in [1.29, 1.82) is 0 Å². The van der Waals surface area contributed by atoms with E-state index in [1.165, 1.54) is 12.1 Å². The maximum atomic E-state index is 12.9. The number of aromatic nitrogens is 2. The van der Waals surface area contributed by atoms with Crippen LogP contribution in [0.5, 0.6) is 0 Å². The highest BCUT2D eigenvalue weighted by Gasteiger charge is 2.02. The van der Waals surface area contributed by atoms with Crippen LogP contribution in [0.2, 0.25) is 0 Å². The number of nitrogens with one attached hydrogen (secondary N) is 2. The number of halogens is 1. The van der Waals surface area contributed by atoms with E-state index in [0.29, 0.717) is 13.1 Å². The second-order valence-electron chi connectivity index (χ2n) is 4.91. The monoisotopic (exact) mass is 315 g/mol. The van der Waals surface area contributed by atoms with Crippen LogP contribution in [-0.4, -0.2) is 35.4 Å². The summed E-state index contributed by atoms with van der Waals surface area (Å²) in [5, 5.41) is 10.8. The predicted molar refractivity (Wildman–Crippen MR) is 91.4 cm³/mol. The second kappa shape index (κ2) is 8.73. The molecule has 2 aromatic rings. The van der Waals surface area contributed by atoms with Crippen molar-refractivity contribution in [3.8, 4) is 5.69 Å². The molecule has 0 saturated heterocycles. The van der Waals surface area contributed by atoms with Crippen LogP contribution in [-0.2, 0) is 6.42 Å². The van der Waals surface area contributed by atoms with E-state index >= 15 is 0 Å². The molecular weight excluding hydrogens is 293 g/mol. The van der Waals surface area contributed by atoms with E-state index < -0.39 is 0 Å². The number of guanidine groups is 1. The van der Waals surface area contributed by atoms with Gasteiger partial charge in [0.05, 0.1) is 11.4 Å². The van der Waals surface area contributed by atoms with E-state index in [1.54, 1.807) is 22.9 Å². The average molecular weight is 315 g/mol. The van der Waals surface area contributed by atoms with Crippen molar-refractivity contribution in [2.45, 2.75) is 13.3 Å². The van der Waals surface area contributed by atoms with Crippen molar-refractivity contribution in [3.05, 3.63) is 60.7 Å². The Morgan fingerprint density at radius 2 is 2.09 bits per heavy atom. The van der Waals surface area contributed by atoms with Crippen LogP contribution in [0.3, 0.4) is 0 Å². The topological polar surface area (TPSA) is 54.2 Å². The SMILES string of the molecule is C=CCNC(=NCCc1ccn(-c2ccc(F)cc2)n1)NCC. The minimum Gasteiger partial charge on any atom is -0.357 e. The van der Waals surface area contributed by atoms with Crippen molar-refractivity contribution >= 4 is 5.96 Å². The fraction of sp³-hybridized carbons (Fsp3) is 0.294. The summed E-state index contributed by atoms with van der Waals surface area (Å²) in [5.74, 6) is 0.517. The van der Waals surface area contributed by atoms with Crippen LogP contribution >= 0.6 is 0 Å². The minimum absolute atomic E-state index is 0.251. The summed E-state index contributed by atoms with van der Waals surface area (Å²) in [4.78, 5) is 4.49. The first-order valence-electron chi connectivity index (χ1n) is 7.66. The van der Waals surface area contributed by atoms with Gasteiger partial charge in [-0.3, -0.25) is 4.99 Å². The molecule has 5 nitrogen and oxygen atoms in total. The molecule has 0 radical (unpaired) electrons. The highest BCUT2D eigenvalue weighted by Crippen LogP contribution is 2.09. The van der Waals surface area contributed by atoms with Crippen molar-refractivity contribution in [1.82, 2.24) is 20.4 Å². The van der Waals surface area contributed by atoms with Crippen LogP contribution in [0.1, 0.15) is 12.6 Å². The molecule has 2 rings (SSSR count). The lowest BCUT2D eigenvalue weighted by atomic mass is 10.3. The van der Waals surface area contributed by atoms with E-state index in [-0.39, 0.29) is 5.82 Å². The van der Waals surface area contributed by atoms with Crippen LogP contribution in [0, 0.1) is 5.82 Å². The van der Waals surface area contributed by atoms with E-state index in [0.717, 1.165) is 30.3 Å². The molecule has 0 atom stereocenters. The van der Waals surface area contributed by atoms with Gasteiger partial charge in [-0.05, 0) is 37.3 Å². The van der Waals surface area contributed by atoms with Gasteiger partial charge in [-0.15, -0.1) is 6.58 Å². The molecule has 0 aliphatic carbocycles. The Hall–Kier alpha value is -2.63. The van der Waals surface area contributed by atoms with Gasteiger partial charge in [0.15, 0.2) is 5.96 Å². The Morgan fingerprint density at radius 1 is 1.30 bits per heavy atom. The minimum atomic E-state index is -0.251. The Labute approximate surface area is 135 Å². The largest absolute Gasteiger partial charge is 0.357 e. The van der Waals surface area contributed by atoms with Gasteiger partial charge in [0.25, 0.3) is 0 Å². The third kappa shape index (κ3) is 5.25. The predicted octanol–water partition coefficient (Wildman–Crippen LogP) is 2.29. The van der Waals surface area contributed by atoms with E-state index in [9.17, 15) is 4.39 Å². The highest BCUT2D eigenvalue weighted by atomic mass is 19.1. The molecule has 0 amide bonds. The first kappa shape index (κ1) is 16.7. The quantitative estimate of drug-likeness (QED) is 0.468. The van der Waals surface area contributed by atoms with Crippen molar-refractivity contribution in [2.75, 3.05) is 19.6 Å². The lowest BCUT2D eigenvalue weighted by molar-refractivity contribution is 0.627. The third-order valence-corrected chi connectivity index (χ3v) is 3.13. The Morgan fingerprint density at radius 3 is 2.78 bits per heavy atom. The molecule has 0 unspecified atom stereocenters. The molecule has 2 N–H and O–H groups in total. The van der Waals surface area contributed by atoms with Crippen LogP contribution in [0.4, 0.5) is 4.39 Å². The second-order valence-corrected chi connectivity index (χ2v) is 4.91. The zero-order valence-electron chi connectivity index (χ0n) is 13.3. The molecule has 0 saturated carbocycles. The van der Waals surface area contributed by atoms with Crippen molar-refractivity contribution in [2.24, 2.45) is 4.99 Å². The number of hydrogen-bond donors (Lipinski definition) is 2. The van der Waals surface area contributed by atoms with E-state index in [4.69, 9.17) is 0 Å². The lowest BCUT2D eigenvalue weighted by Crippen LogP contribution is -2.37. The average Bonchev–Trinajstić information content (AvgIpc) is 3.02. The first-order chi connectivity index (χ1) is 11.2. The summed E-state index contributed by atoms with van der Waals surface area (Å²) in [7, 11) is 0. The zero-order valence-corrected chi connectivity index (χ0v) is 13.3. The smallest absolute Gasteiger partial charge is 0.191 e. The molecule has 0 spiro atoms. The molecule has 23 heavy (non-hydrogen) atoms. The number of benzene rings is 1. The molecule has 6 heteroatoms. The normalized spacial score (nSPS) is 11.3. The van der Waals surface area contributed by atoms with Gasteiger partial charge in [0.2, 0.25) is 0 Å². The summed E-state index contributed by atoms with van der Waals surface area (Å²) in [6, 6.07) is 8.20. The van der Waals surface area contributed by atoms with Gasteiger partial charge in [-0.1, -0.05) is 6.08 Å². The van der Waals surface area contributed by atoms with Gasteiger partial charge in [-0.2, -0.15) is 5.10 Å². The Bertz CT molecular complexity index is 645. The van der Waals surface area contributed by atoms with Crippen LogP contribution in [0.15, 0.2) is 54.2 Å². The molecule has 1 aromatic heterocycles. The van der Waals surface area contributed by atoms with Gasteiger partial charge >= 0.3 is 0 Å². The van der Waals surface area contributed by atoms with Crippen molar-refractivity contribution in [3.63, 3.8) is 0 Å². The third-order valence-electron chi connectivity index (χ3n) is 3.13. The summed E-state index contributed by atoms with van der Waals surface area (Å²) >= 11 is 0.